The molecule has 0 bridgehead atoms. The van der Waals surface area contributed by atoms with Gasteiger partial charge in [0.1, 0.15) is 0 Å². The summed E-state index contributed by atoms with van der Waals surface area (Å²) in [7, 11) is -8.31. The summed E-state index contributed by atoms with van der Waals surface area (Å²) in [5.74, 6) is -8.18. The Bertz CT molecular complexity index is 458. The third-order valence-corrected chi connectivity index (χ3v) is 1.73. The van der Waals surface area contributed by atoms with E-state index in [0.29, 0.717) is 0 Å². The first-order valence-corrected chi connectivity index (χ1v) is 5.04. The van der Waals surface area contributed by atoms with Gasteiger partial charge in [0.25, 0.3) is 0 Å². The van der Waals surface area contributed by atoms with Gasteiger partial charge in [-0.2, -0.15) is 17.2 Å². The second kappa shape index (κ2) is 8.97. The normalized spacial score (nSPS) is 10.3. The molecular formula is C4H4BF2LiO11S. The monoisotopic (exact) mass is 316 g/mol. The molecule has 0 radical (unpaired) electrons. The second-order valence-electron chi connectivity index (χ2n) is 2.30. The van der Waals surface area contributed by atoms with Gasteiger partial charge in [0.15, 0.2) is 5.97 Å². The summed E-state index contributed by atoms with van der Waals surface area (Å²) in [6.45, 7) is 0. The third kappa shape index (κ3) is 8.93. The van der Waals surface area contributed by atoms with Crippen molar-refractivity contribution in [2.24, 2.45) is 0 Å². The van der Waals surface area contributed by atoms with Crippen molar-refractivity contribution in [2.75, 3.05) is 0 Å². The summed E-state index contributed by atoms with van der Waals surface area (Å²) in [4.78, 5) is 29.8. The van der Waals surface area contributed by atoms with Crippen molar-refractivity contribution in [2.45, 2.75) is 5.25 Å². The van der Waals surface area contributed by atoms with Gasteiger partial charge in [0.2, 0.25) is 0 Å². The van der Waals surface area contributed by atoms with E-state index < -0.39 is 40.6 Å². The first-order chi connectivity index (χ1) is 8.23. The number of carboxylic acids is 1. The molecule has 0 unspecified atom stereocenters. The van der Waals surface area contributed by atoms with Gasteiger partial charge in [-0.25, -0.2) is 9.59 Å². The Balaban J connectivity index is -0.000000508. The van der Waals surface area contributed by atoms with Crippen LogP contribution in [0.15, 0.2) is 0 Å². The quantitative estimate of drug-likeness (QED) is 0.124. The Kier molecular flexibility index (Phi) is 10.8. The number of esters is 2. The molecule has 0 aliphatic rings. The number of carbonyl (C=O) groups excluding carboxylic acids is 3. The molecule has 110 valence electrons. The minimum absolute atomic E-state index is 0. The number of rotatable bonds is 2. The van der Waals surface area contributed by atoms with Crippen molar-refractivity contribution in [3.05, 3.63) is 0 Å². The summed E-state index contributed by atoms with van der Waals surface area (Å²) in [6, 6.07) is 0. The van der Waals surface area contributed by atoms with Gasteiger partial charge in [-0.3, -0.25) is 4.55 Å². The van der Waals surface area contributed by atoms with E-state index in [1.165, 1.54) is 0 Å². The van der Waals surface area contributed by atoms with E-state index in [0.717, 1.165) is 0 Å². The van der Waals surface area contributed by atoms with Crippen LogP contribution in [0.2, 0.25) is 0 Å². The molecule has 0 amide bonds. The molecule has 0 fully saturated rings. The summed E-state index contributed by atoms with van der Waals surface area (Å²) in [5.41, 5.74) is 0. The van der Waals surface area contributed by atoms with Gasteiger partial charge in [-0.15, -0.1) is 0 Å². The minimum atomic E-state index is -6.15. The van der Waals surface area contributed by atoms with E-state index in [9.17, 15) is 36.7 Å². The maximum absolute atomic E-state index is 12.3. The summed E-state index contributed by atoms with van der Waals surface area (Å²) in [5, 5.41) is 25.7. The molecule has 20 heavy (non-hydrogen) atoms. The molecule has 11 nitrogen and oxygen atoms in total. The van der Waals surface area contributed by atoms with Crippen LogP contribution in [0.3, 0.4) is 0 Å². The van der Waals surface area contributed by atoms with Crippen LogP contribution in [-0.4, -0.2) is 58.5 Å². The van der Waals surface area contributed by atoms with E-state index in [-0.39, 0.29) is 18.9 Å². The summed E-state index contributed by atoms with van der Waals surface area (Å²) < 4.78 is 55.0. The van der Waals surface area contributed by atoms with Crippen LogP contribution in [0.5, 0.6) is 0 Å². The second-order valence-corrected chi connectivity index (χ2v) is 3.77. The fourth-order valence-corrected chi connectivity index (χ4v) is 0.543. The van der Waals surface area contributed by atoms with Gasteiger partial charge in [0.05, 0.1) is 0 Å². The van der Waals surface area contributed by atoms with Crippen LogP contribution in [-0.2, 0) is 29.2 Å². The number of aliphatic carboxylic acids is 1. The molecule has 0 aromatic rings. The molecule has 0 spiro atoms. The summed E-state index contributed by atoms with van der Waals surface area (Å²) >= 11 is 0. The minimum Gasteiger partial charge on any atom is -0.539 e. The van der Waals surface area contributed by atoms with Crippen molar-refractivity contribution in [3.8, 4) is 0 Å². The Morgan fingerprint density at radius 2 is 1.45 bits per heavy atom. The molecule has 0 aromatic heterocycles. The zero-order valence-electron chi connectivity index (χ0n) is 9.39. The molecule has 0 heterocycles. The number of carbonyl (C=O) groups is 3. The van der Waals surface area contributed by atoms with E-state index in [4.69, 9.17) is 19.6 Å². The SMILES string of the molecule is O=C([O-])C(=O)OC(=O)C(F)(F)S(=O)(=O)O.OB(O)O.[Li+]. The Morgan fingerprint density at radius 1 is 1.15 bits per heavy atom. The Morgan fingerprint density at radius 3 is 1.65 bits per heavy atom. The molecule has 0 aliphatic carbocycles. The topological polar surface area (TPSA) is 199 Å². The predicted molar refractivity (Wildman–Crippen MR) is 45.0 cm³/mol. The molecule has 4 N–H and O–H groups in total. The number of halogens is 2. The van der Waals surface area contributed by atoms with Crippen molar-refractivity contribution < 1.29 is 79.9 Å². The predicted octanol–water partition coefficient (Wildman–Crippen LogP) is -7.76. The maximum Gasteiger partial charge on any atom is 1.00 e. The van der Waals surface area contributed by atoms with Crippen LogP contribution in [0.4, 0.5) is 8.78 Å². The van der Waals surface area contributed by atoms with E-state index >= 15 is 0 Å². The molecule has 16 heteroatoms. The van der Waals surface area contributed by atoms with Gasteiger partial charge >= 0.3 is 53.5 Å². The van der Waals surface area contributed by atoms with Gasteiger partial charge < -0.3 is 29.7 Å². The summed E-state index contributed by atoms with van der Waals surface area (Å²) in [6.07, 6.45) is 0. The molecule has 0 saturated carbocycles. The molecule has 0 saturated heterocycles. The number of hydrogen-bond acceptors (Lipinski definition) is 10. The van der Waals surface area contributed by atoms with Gasteiger partial charge in [0, 0.05) is 0 Å². The van der Waals surface area contributed by atoms with Crippen molar-refractivity contribution >= 4 is 35.3 Å². The average Bonchev–Trinajstić information content (AvgIpc) is 2.14. The fraction of sp³-hybridized carbons (Fsp3) is 0.250. The number of carboxylic acid groups (broad SMARTS) is 1. The van der Waals surface area contributed by atoms with Crippen LogP contribution >= 0.6 is 0 Å². The van der Waals surface area contributed by atoms with E-state index in [1.54, 1.807) is 0 Å². The van der Waals surface area contributed by atoms with Crippen LogP contribution < -0.4 is 24.0 Å². The van der Waals surface area contributed by atoms with Crippen molar-refractivity contribution in [1.29, 1.82) is 0 Å². The smallest absolute Gasteiger partial charge is 0.539 e. The molecule has 0 rings (SSSR count). The van der Waals surface area contributed by atoms with E-state index in [1.807, 2.05) is 0 Å². The maximum atomic E-state index is 12.3. The standard InChI is InChI=1S/C4H2F2O8S.BH3O3.Li/c5-4(6,15(11,12)13)3(10)14-2(9)1(7)8;2-1(3)4;/h(H,7,8)(H,11,12,13);2-4H;/q;;+1/p-1. The van der Waals surface area contributed by atoms with Crippen LogP contribution in [0, 0.1) is 0 Å². The molecule has 0 aromatic carbocycles. The largest absolute Gasteiger partial charge is 1.00 e. The van der Waals surface area contributed by atoms with Gasteiger partial charge in [-0.05, 0) is 0 Å². The molecule has 0 atom stereocenters. The Labute approximate surface area is 121 Å². The Hall–Kier alpha value is -1.08. The van der Waals surface area contributed by atoms with Gasteiger partial charge in [-0.1, -0.05) is 0 Å². The first kappa shape index (κ1) is 24.0. The molecular weight excluding hydrogens is 312 g/mol. The van der Waals surface area contributed by atoms with Crippen molar-refractivity contribution in [1.82, 2.24) is 0 Å². The average molecular weight is 316 g/mol. The number of ether oxygens (including phenoxy) is 1. The van der Waals surface area contributed by atoms with E-state index in [2.05, 4.69) is 4.74 Å². The first-order valence-electron chi connectivity index (χ1n) is 3.60. The molecule has 0 aliphatic heterocycles. The zero-order valence-corrected chi connectivity index (χ0v) is 10.2. The zero-order chi connectivity index (χ0) is 16.0. The fourth-order valence-electron chi connectivity index (χ4n) is 0.291. The third-order valence-electron chi connectivity index (χ3n) is 0.914. The van der Waals surface area contributed by atoms with Crippen LogP contribution in [0.1, 0.15) is 0 Å². The number of hydrogen-bond donors (Lipinski definition) is 4. The number of alkyl halides is 2. The van der Waals surface area contributed by atoms with Crippen LogP contribution in [0.25, 0.3) is 0 Å². The van der Waals surface area contributed by atoms with Crippen molar-refractivity contribution in [3.63, 3.8) is 0 Å².